The maximum absolute atomic E-state index is 11.1. The molecule has 0 aromatic carbocycles. The number of aryl methyl sites for hydroxylation is 1. The van der Waals surface area contributed by atoms with Crippen molar-refractivity contribution < 1.29 is 4.79 Å². The second-order valence-electron chi connectivity index (χ2n) is 4.26. The number of nitrogens with two attached hydrogens (primary N) is 1. The molecule has 0 bridgehead atoms. The van der Waals surface area contributed by atoms with E-state index in [1.54, 1.807) is 13.1 Å². The van der Waals surface area contributed by atoms with Crippen molar-refractivity contribution in [1.29, 1.82) is 0 Å². The van der Waals surface area contributed by atoms with E-state index in [2.05, 4.69) is 9.97 Å². The van der Waals surface area contributed by atoms with E-state index in [4.69, 9.17) is 5.73 Å². The van der Waals surface area contributed by atoms with Gasteiger partial charge in [0.15, 0.2) is 0 Å². The first-order valence-corrected chi connectivity index (χ1v) is 5.77. The van der Waals surface area contributed by atoms with Crippen LogP contribution in [0.15, 0.2) is 36.5 Å². The van der Waals surface area contributed by atoms with Crippen LogP contribution in [-0.2, 0) is 4.79 Å². The van der Waals surface area contributed by atoms with Gasteiger partial charge in [0.1, 0.15) is 0 Å². The lowest BCUT2D eigenvalue weighted by molar-refractivity contribution is -0.119. The number of nitrogens with zero attached hydrogens (tertiary/aromatic N) is 2. The molecule has 2 aromatic rings. The van der Waals surface area contributed by atoms with Gasteiger partial charge < -0.3 is 5.73 Å². The lowest BCUT2D eigenvalue weighted by Crippen LogP contribution is -2.19. The van der Waals surface area contributed by atoms with Crippen molar-refractivity contribution >= 4 is 5.91 Å². The van der Waals surface area contributed by atoms with Crippen molar-refractivity contribution in [3.8, 4) is 11.3 Å². The highest BCUT2D eigenvalue weighted by Gasteiger charge is 2.12. The van der Waals surface area contributed by atoms with Gasteiger partial charge in [0.2, 0.25) is 5.91 Å². The van der Waals surface area contributed by atoms with Crippen LogP contribution in [0.5, 0.6) is 0 Å². The zero-order valence-corrected chi connectivity index (χ0v) is 10.4. The second-order valence-corrected chi connectivity index (χ2v) is 4.26. The molecule has 4 heteroatoms. The lowest BCUT2D eigenvalue weighted by atomic mass is 10.1. The molecule has 4 nitrogen and oxygen atoms in total. The summed E-state index contributed by atoms with van der Waals surface area (Å²) in [6, 6.07) is 9.55. The van der Waals surface area contributed by atoms with E-state index in [0.717, 1.165) is 17.0 Å². The van der Waals surface area contributed by atoms with Gasteiger partial charge in [0.25, 0.3) is 0 Å². The summed E-state index contributed by atoms with van der Waals surface area (Å²) in [5.41, 5.74) is 8.69. The first-order chi connectivity index (χ1) is 8.58. The third-order valence-electron chi connectivity index (χ3n) is 2.84. The molecule has 0 aliphatic heterocycles. The molecule has 0 saturated heterocycles. The fourth-order valence-electron chi connectivity index (χ4n) is 1.66. The Morgan fingerprint density at radius 3 is 2.61 bits per heavy atom. The summed E-state index contributed by atoms with van der Waals surface area (Å²) < 4.78 is 0. The summed E-state index contributed by atoms with van der Waals surface area (Å²) >= 11 is 0. The molecule has 0 aliphatic rings. The minimum absolute atomic E-state index is 0.371. The molecule has 2 aromatic heterocycles. The average Bonchev–Trinajstić information content (AvgIpc) is 2.38. The summed E-state index contributed by atoms with van der Waals surface area (Å²) in [5, 5.41) is 0. The first kappa shape index (κ1) is 12.2. The number of aromatic nitrogens is 2. The van der Waals surface area contributed by atoms with Crippen molar-refractivity contribution in [2.75, 3.05) is 0 Å². The Balaban J connectivity index is 2.30. The minimum atomic E-state index is -0.371. The number of carbonyl (C=O) groups excluding carboxylic acids is 1. The number of hydrogen-bond acceptors (Lipinski definition) is 3. The standard InChI is InChI=1S/C14H15N3O/c1-9-4-3-5-13(17-9)11-6-7-12(16-8-11)10(2)14(15)18/h3-8,10H,1-2H3,(H2,15,18). The fourth-order valence-corrected chi connectivity index (χ4v) is 1.66. The van der Waals surface area contributed by atoms with Crippen LogP contribution in [0.2, 0.25) is 0 Å². The van der Waals surface area contributed by atoms with Crippen LogP contribution in [-0.4, -0.2) is 15.9 Å². The molecule has 2 rings (SSSR count). The summed E-state index contributed by atoms with van der Waals surface area (Å²) in [7, 11) is 0. The number of pyridine rings is 2. The highest BCUT2D eigenvalue weighted by Crippen LogP contribution is 2.19. The predicted octanol–water partition coefficient (Wildman–Crippen LogP) is 2.04. The van der Waals surface area contributed by atoms with Gasteiger partial charge in [0.05, 0.1) is 17.3 Å². The molecule has 1 atom stereocenters. The van der Waals surface area contributed by atoms with E-state index in [1.165, 1.54) is 0 Å². The Morgan fingerprint density at radius 1 is 1.28 bits per heavy atom. The molecule has 1 amide bonds. The van der Waals surface area contributed by atoms with Gasteiger partial charge >= 0.3 is 0 Å². The SMILES string of the molecule is Cc1cccc(-c2ccc(C(C)C(N)=O)nc2)n1. The summed E-state index contributed by atoms with van der Waals surface area (Å²) in [6.45, 7) is 3.69. The number of hydrogen-bond donors (Lipinski definition) is 1. The molecule has 2 heterocycles. The van der Waals surface area contributed by atoms with Crippen LogP contribution >= 0.6 is 0 Å². The molecule has 0 radical (unpaired) electrons. The highest BCUT2D eigenvalue weighted by atomic mass is 16.1. The third kappa shape index (κ3) is 2.53. The number of amides is 1. The van der Waals surface area contributed by atoms with Crippen LogP contribution in [0.25, 0.3) is 11.3 Å². The molecule has 1 unspecified atom stereocenters. The van der Waals surface area contributed by atoms with Crippen LogP contribution in [0.4, 0.5) is 0 Å². The number of rotatable bonds is 3. The smallest absolute Gasteiger partial charge is 0.226 e. The van der Waals surface area contributed by atoms with Gasteiger partial charge in [0, 0.05) is 17.5 Å². The molecule has 0 aliphatic carbocycles. The number of carbonyl (C=O) groups is 1. The molecule has 2 N–H and O–H groups in total. The van der Waals surface area contributed by atoms with E-state index < -0.39 is 0 Å². The molecule has 0 fully saturated rings. The van der Waals surface area contributed by atoms with Crippen molar-refractivity contribution in [2.24, 2.45) is 5.73 Å². The maximum atomic E-state index is 11.1. The molecule has 18 heavy (non-hydrogen) atoms. The molecular weight excluding hydrogens is 226 g/mol. The van der Waals surface area contributed by atoms with Crippen molar-refractivity contribution in [2.45, 2.75) is 19.8 Å². The molecule has 0 saturated carbocycles. The van der Waals surface area contributed by atoms with Crippen molar-refractivity contribution in [3.05, 3.63) is 47.9 Å². The largest absolute Gasteiger partial charge is 0.369 e. The maximum Gasteiger partial charge on any atom is 0.226 e. The quantitative estimate of drug-likeness (QED) is 0.894. The molecular formula is C14H15N3O. The van der Waals surface area contributed by atoms with E-state index in [9.17, 15) is 4.79 Å². The Bertz CT molecular complexity index is 564. The normalized spacial score (nSPS) is 12.1. The van der Waals surface area contributed by atoms with Crippen molar-refractivity contribution in [3.63, 3.8) is 0 Å². The van der Waals surface area contributed by atoms with Gasteiger partial charge in [-0.15, -0.1) is 0 Å². The zero-order valence-electron chi connectivity index (χ0n) is 10.4. The van der Waals surface area contributed by atoms with Crippen LogP contribution in [0.3, 0.4) is 0 Å². The summed E-state index contributed by atoms with van der Waals surface area (Å²) in [4.78, 5) is 19.8. The van der Waals surface area contributed by atoms with E-state index in [1.807, 2.05) is 37.3 Å². The van der Waals surface area contributed by atoms with Crippen molar-refractivity contribution in [1.82, 2.24) is 9.97 Å². The van der Waals surface area contributed by atoms with Gasteiger partial charge in [-0.25, -0.2) is 0 Å². The van der Waals surface area contributed by atoms with Gasteiger partial charge in [-0.1, -0.05) is 6.07 Å². The predicted molar refractivity (Wildman–Crippen MR) is 69.8 cm³/mol. The van der Waals surface area contributed by atoms with E-state index >= 15 is 0 Å². The third-order valence-corrected chi connectivity index (χ3v) is 2.84. The Labute approximate surface area is 106 Å². The summed E-state index contributed by atoms with van der Waals surface area (Å²) in [5.74, 6) is -0.742. The monoisotopic (exact) mass is 241 g/mol. The average molecular weight is 241 g/mol. The Kier molecular flexibility index (Phi) is 3.37. The van der Waals surface area contributed by atoms with Crippen LogP contribution in [0, 0.1) is 6.92 Å². The first-order valence-electron chi connectivity index (χ1n) is 5.77. The summed E-state index contributed by atoms with van der Waals surface area (Å²) in [6.07, 6.45) is 1.72. The number of primary amides is 1. The fraction of sp³-hybridized carbons (Fsp3) is 0.214. The molecule has 0 spiro atoms. The van der Waals surface area contributed by atoms with E-state index in [0.29, 0.717) is 5.69 Å². The zero-order chi connectivity index (χ0) is 13.1. The Morgan fingerprint density at radius 2 is 2.06 bits per heavy atom. The highest BCUT2D eigenvalue weighted by molar-refractivity contribution is 5.81. The lowest BCUT2D eigenvalue weighted by Gasteiger charge is -2.07. The van der Waals surface area contributed by atoms with Gasteiger partial charge in [-0.2, -0.15) is 0 Å². The van der Waals surface area contributed by atoms with Gasteiger partial charge in [-0.3, -0.25) is 14.8 Å². The Hall–Kier alpha value is -2.23. The van der Waals surface area contributed by atoms with E-state index in [-0.39, 0.29) is 11.8 Å². The van der Waals surface area contributed by atoms with Gasteiger partial charge in [-0.05, 0) is 38.1 Å². The molecule has 92 valence electrons. The topological polar surface area (TPSA) is 68.9 Å². The minimum Gasteiger partial charge on any atom is -0.369 e. The van der Waals surface area contributed by atoms with Crippen LogP contribution < -0.4 is 5.73 Å². The second kappa shape index (κ2) is 4.96. The van der Waals surface area contributed by atoms with Crippen LogP contribution in [0.1, 0.15) is 24.2 Å².